The smallest absolute Gasteiger partial charge is 0.265 e. The van der Waals surface area contributed by atoms with Gasteiger partial charge in [0, 0.05) is 29.0 Å². The molecule has 7 nitrogen and oxygen atoms in total. The van der Waals surface area contributed by atoms with Gasteiger partial charge in [-0.05, 0) is 49.6 Å². The van der Waals surface area contributed by atoms with E-state index in [0.717, 1.165) is 48.9 Å². The molecule has 2 aromatic carbocycles. The second kappa shape index (κ2) is 10.5. The Labute approximate surface area is 220 Å². The molecule has 3 unspecified atom stereocenters. The second-order valence-corrected chi connectivity index (χ2v) is 11.1. The van der Waals surface area contributed by atoms with Gasteiger partial charge < -0.3 is 5.73 Å². The second-order valence-electron chi connectivity index (χ2n) is 9.47. The summed E-state index contributed by atoms with van der Waals surface area (Å²) < 4.78 is 58.0. The highest BCUT2D eigenvalue weighted by Gasteiger charge is 2.24. The highest BCUT2D eigenvalue weighted by atomic mass is 32.2. The van der Waals surface area contributed by atoms with E-state index < -0.39 is 26.7 Å². The summed E-state index contributed by atoms with van der Waals surface area (Å²) in [5.74, 6) is 4.75. The van der Waals surface area contributed by atoms with E-state index in [2.05, 4.69) is 26.6 Å². The van der Waals surface area contributed by atoms with Crippen molar-refractivity contribution in [1.29, 1.82) is 0 Å². The molecule has 0 amide bonds. The third-order valence-electron chi connectivity index (χ3n) is 6.88. The van der Waals surface area contributed by atoms with Crippen LogP contribution >= 0.6 is 0 Å². The first kappa shape index (κ1) is 25.8. The Bertz CT molecular complexity index is 1660. The normalized spacial score (nSPS) is 18.5. The van der Waals surface area contributed by atoms with Gasteiger partial charge in [-0.15, -0.1) is 0 Å². The first-order valence-corrected chi connectivity index (χ1v) is 13.9. The summed E-state index contributed by atoms with van der Waals surface area (Å²) in [6.07, 6.45) is 5.72. The van der Waals surface area contributed by atoms with Gasteiger partial charge in [-0.3, -0.25) is 9.40 Å². The lowest BCUT2D eigenvalue weighted by Gasteiger charge is -2.24. The van der Waals surface area contributed by atoms with Crippen LogP contribution in [0, 0.1) is 29.5 Å². The zero-order valence-corrected chi connectivity index (χ0v) is 21.6. The Balaban J connectivity index is 1.47. The van der Waals surface area contributed by atoms with Crippen LogP contribution in [0.5, 0.6) is 0 Å². The number of fused-ring (bicyclic) bond motifs is 1. The fraction of sp³-hybridized carbons (Fsp3) is 0.286. The van der Waals surface area contributed by atoms with E-state index in [1.54, 1.807) is 4.68 Å². The first-order chi connectivity index (χ1) is 18.2. The van der Waals surface area contributed by atoms with Gasteiger partial charge in [-0.2, -0.15) is 9.49 Å². The van der Waals surface area contributed by atoms with Crippen LogP contribution < -0.4 is 10.5 Å². The number of halogens is 2. The van der Waals surface area contributed by atoms with E-state index in [0.29, 0.717) is 10.9 Å². The Morgan fingerprint density at radius 2 is 1.89 bits per heavy atom. The van der Waals surface area contributed by atoms with E-state index in [4.69, 9.17) is 5.73 Å². The number of nitrogens with two attached hydrogens (primary N) is 1. The van der Waals surface area contributed by atoms with Gasteiger partial charge in [0.15, 0.2) is 0 Å². The SMILES string of the molecule is CC(c1ccccc1C#CC1CCCCC1N)n1ncc2cc(S(=O)(=O)Nc3cccc(F)n3)c(F)cc21. The molecular formula is C28H27F2N5O2S. The van der Waals surface area contributed by atoms with E-state index in [1.165, 1.54) is 24.4 Å². The number of anilines is 1. The number of pyridine rings is 1. The Kier molecular flexibility index (Phi) is 7.15. The molecular weight excluding hydrogens is 508 g/mol. The molecule has 0 spiro atoms. The predicted octanol–water partition coefficient (Wildman–Crippen LogP) is 4.99. The van der Waals surface area contributed by atoms with Crippen molar-refractivity contribution in [3.05, 3.63) is 83.7 Å². The lowest BCUT2D eigenvalue weighted by Crippen LogP contribution is -2.32. The molecule has 1 fully saturated rings. The number of hydrogen-bond donors (Lipinski definition) is 2. The highest BCUT2D eigenvalue weighted by molar-refractivity contribution is 7.92. The van der Waals surface area contributed by atoms with Crippen LogP contribution in [0.15, 0.2) is 65.7 Å². The van der Waals surface area contributed by atoms with E-state index in [1.807, 2.05) is 31.2 Å². The molecule has 0 radical (unpaired) electrons. The van der Waals surface area contributed by atoms with Crippen molar-refractivity contribution in [3.63, 3.8) is 0 Å². The molecule has 1 aliphatic carbocycles. The quantitative estimate of drug-likeness (QED) is 0.277. The van der Waals surface area contributed by atoms with E-state index >= 15 is 4.39 Å². The minimum atomic E-state index is -4.36. The van der Waals surface area contributed by atoms with Crippen LogP contribution in [-0.4, -0.2) is 29.2 Å². The molecule has 4 aromatic rings. The molecule has 0 saturated heterocycles. The van der Waals surface area contributed by atoms with Gasteiger partial charge in [0.2, 0.25) is 5.95 Å². The Morgan fingerprint density at radius 3 is 2.68 bits per heavy atom. The number of hydrogen-bond acceptors (Lipinski definition) is 5. The molecule has 5 rings (SSSR count). The third kappa shape index (κ3) is 5.26. The zero-order chi connectivity index (χ0) is 26.9. The molecule has 1 saturated carbocycles. The minimum Gasteiger partial charge on any atom is -0.327 e. The maximum Gasteiger partial charge on any atom is 0.265 e. The summed E-state index contributed by atoms with van der Waals surface area (Å²) in [5, 5.41) is 4.87. The number of nitrogens with one attached hydrogen (secondary N) is 1. The third-order valence-corrected chi connectivity index (χ3v) is 8.25. The summed E-state index contributed by atoms with van der Waals surface area (Å²) in [6.45, 7) is 1.93. The number of aromatic nitrogens is 3. The van der Waals surface area contributed by atoms with Crippen LogP contribution in [-0.2, 0) is 10.0 Å². The molecule has 3 atom stereocenters. The zero-order valence-electron chi connectivity index (χ0n) is 20.7. The van der Waals surface area contributed by atoms with Crippen molar-refractivity contribution in [3.8, 4) is 11.8 Å². The maximum absolute atomic E-state index is 15.2. The fourth-order valence-electron chi connectivity index (χ4n) is 4.84. The van der Waals surface area contributed by atoms with Crippen LogP contribution in [0.2, 0.25) is 0 Å². The molecule has 10 heteroatoms. The van der Waals surface area contributed by atoms with Gasteiger partial charge >= 0.3 is 0 Å². The molecule has 38 heavy (non-hydrogen) atoms. The van der Waals surface area contributed by atoms with Gasteiger partial charge in [-0.1, -0.05) is 48.9 Å². The van der Waals surface area contributed by atoms with Crippen molar-refractivity contribution in [2.24, 2.45) is 11.7 Å². The number of rotatable bonds is 5. The van der Waals surface area contributed by atoms with Gasteiger partial charge in [0.25, 0.3) is 10.0 Å². The number of sulfonamides is 1. The summed E-state index contributed by atoms with van der Waals surface area (Å²) in [7, 11) is -4.36. The van der Waals surface area contributed by atoms with Crippen LogP contribution in [0.4, 0.5) is 14.6 Å². The van der Waals surface area contributed by atoms with E-state index in [-0.39, 0.29) is 23.8 Å². The predicted molar refractivity (Wildman–Crippen MR) is 142 cm³/mol. The largest absolute Gasteiger partial charge is 0.327 e. The van der Waals surface area contributed by atoms with Crippen molar-refractivity contribution in [1.82, 2.24) is 14.8 Å². The number of nitrogens with zero attached hydrogens (tertiary/aromatic N) is 3. The minimum absolute atomic E-state index is 0.0792. The van der Waals surface area contributed by atoms with Gasteiger partial charge in [0.05, 0.1) is 17.8 Å². The average molecular weight is 536 g/mol. The molecule has 2 aromatic heterocycles. The van der Waals surface area contributed by atoms with Crippen molar-refractivity contribution in [2.45, 2.75) is 49.6 Å². The lowest BCUT2D eigenvalue weighted by molar-refractivity contribution is 0.372. The van der Waals surface area contributed by atoms with Crippen molar-refractivity contribution in [2.75, 3.05) is 4.72 Å². The number of benzene rings is 2. The first-order valence-electron chi connectivity index (χ1n) is 12.4. The molecule has 3 N–H and O–H groups in total. The molecule has 0 bridgehead atoms. The average Bonchev–Trinajstić information content (AvgIpc) is 3.30. The van der Waals surface area contributed by atoms with Crippen LogP contribution in [0.3, 0.4) is 0 Å². The molecule has 1 aliphatic rings. The van der Waals surface area contributed by atoms with Crippen LogP contribution in [0.25, 0.3) is 10.9 Å². The van der Waals surface area contributed by atoms with Crippen molar-refractivity contribution >= 4 is 26.7 Å². The Morgan fingerprint density at radius 1 is 1.11 bits per heavy atom. The van der Waals surface area contributed by atoms with Crippen molar-refractivity contribution < 1.29 is 17.2 Å². The molecule has 2 heterocycles. The summed E-state index contributed by atoms with van der Waals surface area (Å²) in [6, 6.07) is 13.5. The van der Waals surface area contributed by atoms with Crippen LogP contribution in [0.1, 0.15) is 49.8 Å². The summed E-state index contributed by atoms with van der Waals surface area (Å²) in [4.78, 5) is 2.90. The summed E-state index contributed by atoms with van der Waals surface area (Å²) in [5.41, 5.74) is 8.44. The topological polar surface area (TPSA) is 103 Å². The Hall–Kier alpha value is -3.81. The monoisotopic (exact) mass is 535 g/mol. The highest BCUT2D eigenvalue weighted by Crippen LogP contribution is 2.29. The molecule has 196 valence electrons. The lowest BCUT2D eigenvalue weighted by atomic mass is 9.85. The maximum atomic E-state index is 15.2. The van der Waals surface area contributed by atoms with Gasteiger partial charge in [0.1, 0.15) is 16.5 Å². The van der Waals surface area contributed by atoms with Gasteiger partial charge in [-0.25, -0.2) is 17.8 Å². The van der Waals surface area contributed by atoms with E-state index in [9.17, 15) is 12.8 Å². The fourth-order valence-corrected chi connectivity index (χ4v) is 5.93. The molecule has 0 aliphatic heterocycles. The standard InChI is InChI=1S/C28H27F2N5O2S/c1-18(22-9-4-2-7-19(22)13-14-20-8-3-5-10-24(20)31)35-25-16-23(29)26(15-21(25)17-32-35)38(36,37)34-28-12-6-11-27(30)33-28/h2,4,6-7,9,11-12,15-18,20,24H,3,5,8,10,31H2,1H3,(H,33,34). The summed E-state index contributed by atoms with van der Waals surface area (Å²) >= 11 is 0.